The van der Waals surface area contributed by atoms with Crippen LogP contribution in [0, 0.1) is 11.6 Å². The van der Waals surface area contributed by atoms with Gasteiger partial charge in [0.2, 0.25) is 0 Å². The van der Waals surface area contributed by atoms with Crippen molar-refractivity contribution in [1.29, 1.82) is 0 Å². The predicted molar refractivity (Wildman–Crippen MR) is 97.9 cm³/mol. The summed E-state index contributed by atoms with van der Waals surface area (Å²) in [6, 6.07) is 13.3. The molecule has 0 aromatic heterocycles. The number of nitrogens with one attached hydrogen (secondary N) is 1. The molecule has 1 aliphatic rings. The van der Waals surface area contributed by atoms with Gasteiger partial charge in [0, 0.05) is 32.2 Å². The minimum Gasteiger partial charge on any atom is -0.320 e. The van der Waals surface area contributed by atoms with Crippen LogP contribution in [-0.4, -0.2) is 41.5 Å². The van der Waals surface area contributed by atoms with Gasteiger partial charge in [-0.05, 0) is 31.0 Å². The van der Waals surface area contributed by atoms with Crippen LogP contribution in [0.1, 0.15) is 18.9 Å². The van der Waals surface area contributed by atoms with Crippen LogP contribution in [0.3, 0.4) is 0 Å². The third-order valence-corrected chi connectivity index (χ3v) is 4.73. The van der Waals surface area contributed by atoms with E-state index in [9.17, 15) is 13.6 Å². The van der Waals surface area contributed by atoms with Gasteiger partial charge in [0.05, 0.1) is 0 Å². The van der Waals surface area contributed by atoms with Crippen molar-refractivity contribution in [2.75, 3.05) is 25.0 Å². The minimum absolute atomic E-state index is 0.0264. The molecule has 1 atom stereocenters. The SMILES string of the molecule is CCN(C(=O)Nc1c(F)cccc1F)C1CCN(Cc2ccccc2)C1. The van der Waals surface area contributed by atoms with Crippen molar-refractivity contribution >= 4 is 11.7 Å². The van der Waals surface area contributed by atoms with Gasteiger partial charge >= 0.3 is 6.03 Å². The summed E-state index contributed by atoms with van der Waals surface area (Å²) in [5, 5.41) is 2.39. The largest absolute Gasteiger partial charge is 0.322 e. The molecule has 1 N–H and O–H groups in total. The van der Waals surface area contributed by atoms with Gasteiger partial charge in [-0.25, -0.2) is 13.6 Å². The highest BCUT2D eigenvalue weighted by Crippen LogP contribution is 2.22. The summed E-state index contributed by atoms with van der Waals surface area (Å²) < 4.78 is 27.6. The normalized spacial score (nSPS) is 17.3. The zero-order valence-corrected chi connectivity index (χ0v) is 14.8. The lowest BCUT2D eigenvalue weighted by Gasteiger charge is -2.28. The monoisotopic (exact) mass is 359 g/mol. The van der Waals surface area contributed by atoms with Crippen molar-refractivity contribution < 1.29 is 13.6 Å². The number of hydrogen-bond acceptors (Lipinski definition) is 2. The van der Waals surface area contributed by atoms with Gasteiger partial charge in [-0.2, -0.15) is 0 Å². The topological polar surface area (TPSA) is 35.6 Å². The van der Waals surface area contributed by atoms with Crippen LogP contribution in [0.5, 0.6) is 0 Å². The molecule has 26 heavy (non-hydrogen) atoms. The van der Waals surface area contributed by atoms with Crippen molar-refractivity contribution in [3.8, 4) is 0 Å². The molecule has 0 saturated carbocycles. The molecule has 2 aromatic rings. The van der Waals surface area contributed by atoms with Crippen LogP contribution in [-0.2, 0) is 6.54 Å². The number of carbonyl (C=O) groups excluding carboxylic acids is 1. The van der Waals surface area contributed by atoms with Gasteiger partial charge in [0.15, 0.2) is 0 Å². The second kappa shape index (κ2) is 8.27. The number of para-hydroxylation sites is 1. The number of nitrogens with zero attached hydrogens (tertiary/aromatic N) is 2. The Morgan fingerprint density at radius 1 is 1.15 bits per heavy atom. The fourth-order valence-corrected chi connectivity index (χ4v) is 3.42. The summed E-state index contributed by atoms with van der Waals surface area (Å²) in [6.45, 7) is 4.81. The third-order valence-electron chi connectivity index (χ3n) is 4.73. The van der Waals surface area contributed by atoms with Gasteiger partial charge < -0.3 is 10.2 Å². The minimum atomic E-state index is -0.772. The highest BCUT2D eigenvalue weighted by molar-refractivity contribution is 5.89. The molecule has 3 rings (SSSR count). The van der Waals surface area contributed by atoms with Crippen LogP contribution in [0.15, 0.2) is 48.5 Å². The standard InChI is InChI=1S/C20H23F2N3O/c1-2-25(20(26)23-19-17(21)9-6-10-18(19)22)16-11-12-24(14-16)13-15-7-4-3-5-8-15/h3-10,16H,2,11-14H2,1H3,(H,23,26). The Balaban J connectivity index is 1.63. The van der Waals surface area contributed by atoms with Gasteiger partial charge in [0.25, 0.3) is 0 Å². The molecule has 0 spiro atoms. The quantitative estimate of drug-likeness (QED) is 0.873. The molecule has 0 bridgehead atoms. The first-order chi connectivity index (χ1) is 12.6. The first kappa shape index (κ1) is 18.3. The van der Waals surface area contributed by atoms with Crippen LogP contribution < -0.4 is 5.32 Å². The van der Waals surface area contributed by atoms with E-state index in [4.69, 9.17) is 0 Å². The van der Waals surface area contributed by atoms with Crippen LogP contribution >= 0.6 is 0 Å². The van der Waals surface area contributed by atoms with Crippen molar-refractivity contribution in [1.82, 2.24) is 9.80 Å². The van der Waals surface area contributed by atoms with Crippen LogP contribution in [0.4, 0.5) is 19.3 Å². The van der Waals surface area contributed by atoms with E-state index in [-0.39, 0.29) is 6.04 Å². The van der Waals surface area contributed by atoms with Crippen LogP contribution in [0.25, 0.3) is 0 Å². The second-order valence-corrected chi connectivity index (χ2v) is 6.48. The zero-order chi connectivity index (χ0) is 18.5. The Labute approximate surface area is 152 Å². The summed E-state index contributed by atoms with van der Waals surface area (Å²) in [5.41, 5.74) is 0.837. The first-order valence-electron chi connectivity index (χ1n) is 8.86. The molecule has 6 heteroatoms. The molecule has 4 nitrogen and oxygen atoms in total. The number of likely N-dealkylation sites (tertiary alicyclic amines) is 1. The number of likely N-dealkylation sites (N-methyl/N-ethyl adjacent to an activating group) is 1. The van der Waals surface area contributed by atoms with E-state index in [1.54, 1.807) is 4.90 Å². The van der Waals surface area contributed by atoms with Crippen LogP contribution in [0.2, 0.25) is 0 Å². The number of amides is 2. The van der Waals surface area contributed by atoms with Crippen molar-refractivity contribution in [2.24, 2.45) is 0 Å². The van der Waals surface area contributed by atoms with E-state index < -0.39 is 23.4 Å². The van der Waals surface area contributed by atoms with Gasteiger partial charge in [-0.15, -0.1) is 0 Å². The van der Waals surface area contributed by atoms with E-state index in [0.29, 0.717) is 6.54 Å². The van der Waals surface area contributed by atoms with Gasteiger partial charge in [0.1, 0.15) is 17.3 Å². The first-order valence-corrected chi connectivity index (χ1v) is 8.86. The lowest BCUT2D eigenvalue weighted by atomic mass is 10.2. The number of urea groups is 1. The van der Waals surface area contributed by atoms with E-state index in [1.165, 1.54) is 11.6 Å². The second-order valence-electron chi connectivity index (χ2n) is 6.48. The number of halogens is 2. The van der Waals surface area contributed by atoms with Crippen molar-refractivity contribution in [3.05, 3.63) is 65.7 Å². The molecule has 2 amide bonds. The maximum atomic E-state index is 13.8. The molecule has 0 radical (unpaired) electrons. The maximum Gasteiger partial charge on any atom is 0.322 e. The summed E-state index contributed by atoms with van der Waals surface area (Å²) >= 11 is 0. The number of anilines is 1. The van der Waals surface area contributed by atoms with E-state index in [2.05, 4.69) is 22.3 Å². The molecular formula is C20H23F2N3O. The molecule has 138 valence electrons. The zero-order valence-electron chi connectivity index (χ0n) is 14.8. The number of benzene rings is 2. The molecular weight excluding hydrogens is 336 g/mol. The molecule has 2 aromatic carbocycles. The highest BCUT2D eigenvalue weighted by atomic mass is 19.1. The molecule has 1 fully saturated rings. The number of rotatable bonds is 5. The highest BCUT2D eigenvalue weighted by Gasteiger charge is 2.30. The van der Waals surface area contributed by atoms with E-state index in [1.807, 2.05) is 25.1 Å². The van der Waals surface area contributed by atoms with E-state index >= 15 is 0 Å². The average molecular weight is 359 g/mol. The fraction of sp³-hybridized carbons (Fsp3) is 0.350. The fourth-order valence-electron chi connectivity index (χ4n) is 3.42. The Bertz CT molecular complexity index is 734. The third kappa shape index (κ3) is 4.19. The molecule has 1 unspecified atom stereocenters. The van der Waals surface area contributed by atoms with Gasteiger partial charge in [-0.1, -0.05) is 36.4 Å². The Hall–Kier alpha value is -2.47. The molecule has 1 aliphatic heterocycles. The average Bonchev–Trinajstić information content (AvgIpc) is 3.08. The summed E-state index contributed by atoms with van der Waals surface area (Å²) in [4.78, 5) is 16.5. The van der Waals surface area contributed by atoms with Crippen molar-refractivity contribution in [3.63, 3.8) is 0 Å². The summed E-state index contributed by atoms with van der Waals surface area (Å²) in [5.74, 6) is -1.54. The number of carbonyl (C=O) groups is 1. The Morgan fingerprint density at radius 3 is 2.50 bits per heavy atom. The molecule has 1 heterocycles. The summed E-state index contributed by atoms with van der Waals surface area (Å²) in [6.07, 6.45) is 0.841. The lowest BCUT2D eigenvalue weighted by Crippen LogP contribution is -2.44. The summed E-state index contributed by atoms with van der Waals surface area (Å²) in [7, 11) is 0. The van der Waals surface area contributed by atoms with Crippen molar-refractivity contribution in [2.45, 2.75) is 25.9 Å². The molecule has 1 saturated heterocycles. The van der Waals surface area contributed by atoms with Gasteiger partial charge in [-0.3, -0.25) is 4.90 Å². The number of hydrogen-bond donors (Lipinski definition) is 1. The Kier molecular flexibility index (Phi) is 5.83. The predicted octanol–water partition coefficient (Wildman–Crippen LogP) is 4.09. The van der Waals surface area contributed by atoms with E-state index in [0.717, 1.165) is 38.2 Å². The Morgan fingerprint density at radius 2 is 1.85 bits per heavy atom. The smallest absolute Gasteiger partial charge is 0.320 e. The lowest BCUT2D eigenvalue weighted by molar-refractivity contribution is 0.189. The maximum absolute atomic E-state index is 13.8. The molecule has 0 aliphatic carbocycles.